The number of aromatic nitrogens is 4. The summed E-state index contributed by atoms with van der Waals surface area (Å²) in [4.78, 5) is 12.3. The van der Waals surface area contributed by atoms with E-state index >= 15 is 0 Å². The first-order chi connectivity index (χ1) is 11.2. The maximum Gasteiger partial charge on any atom is 0.272 e. The molecule has 0 spiro atoms. The largest absolute Gasteiger partial charge is 0.394 e. The van der Waals surface area contributed by atoms with Crippen LogP contribution < -0.4 is 5.73 Å². The van der Waals surface area contributed by atoms with Gasteiger partial charge in [-0.15, -0.1) is 0 Å². The first-order valence-electron chi connectivity index (χ1n) is 7.34. The number of rotatable bonds is 4. The summed E-state index contributed by atoms with van der Waals surface area (Å²) >= 11 is 0. The van der Waals surface area contributed by atoms with Crippen LogP contribution in [0.3, 0.4) is 0 Å². The van der Waals surface area contributed by atoms with Crippen molar-refractivity contribution in [2.24, 2.45) is 0 Å². The van der Waals surface area contributed by atoms with Crippen molar-refractivity contribution < 1.29 is 24.1 Å². The fourth-order valence-corrected chi connectivity index (χ4v) is 2.95. The summed E-state index contributed by atoms with van der Waals surface area (Å²) in [6.07, 6.45) is 0.972. The highest BCUT2D eigenvalue weighted by Crippen LogP contribution is 2.40. The summed E-state index contributed by atoms with van der Waals surface area (Å²) in [6, 6.07) is 0. The Balaban J connectivity index is 1.69. The van der Waals surface area contributed by atoms with E-state index < -0.39 is 31.0 Å². The van der Waals surface area contributed by atoms with E-state index in [1.54, 1.807) is 10.9 Å². The topological polar surface area (TPSA) is 127 Å². The van der Waals surface area contributed by atoms with E-state index in [2.05, 4.69) is 15.0 Å². The second kappa shape index (κ2) is 5.65. The van der Waals surface area contributed by atoms with Gasteiger partial charge >= 0.3 is 0 Å². The Morgan fingerprint density at radius 2 is 2.09 bits per heavy atom. The van der Waals surface area contributed by atoms with E-state index in [4.69, 9.17) is 24.7 Å². The second-order valence-electron chi connectivity index (χ2n) is 5.28. The van der Waals surface area contributed by atoms with Crippen LogP contribution in [-0.2, 0) is 18.9 Å². The first-order valence-corrected chi connectivity index (χ1v) is 7.34. The Kier molecular flexibility index (Phi) is 3.62. The molecule has 10 nitrogen and oxygen atoms in total. The minimum atomic E-state index is -0.773. The summed E-state index contributed by atoms with van der Waals surface area (Å²) in [6.45, 7) is 1.34. The third-order valence-electron chi connectivity index (χ3n) is 3.97. The van der Waals surface area contributed by atoms with Crippen LogP contribution in [0.4, 0.5) is 5.82 Å². The van der Waals surface area contributed by atoms with E-state index in [-0.39, 0.29) is 12.4 Å². The van der Waals surface area contributed by atoms with Crippen LogP contribution >= 0.6 is 0 Å². The highest BCUT2D eigenvalue weighted by molar-refractivity contribution is 5.81. The molecule has 0 unspecified atom stereocenters. The SMILES string of the molecule is CCO[C@@H]1O[C@@H]2[C@H](O1)[C@@H](CO)O[C@H]2n1cnc2c(N)ncnc21. The molecule has 2 saturated heterocycles. The fraction of sp³-hybridized carbons (Fsp3) is 0.615. The predicted molar refractivity (Wildman–Crippen MR) is 75.9 cm³/mol. The Labute approximate surface area is 131 Å². The van der Waals surface area contributed by atoms with Gasteiger partial charge < -0.3 is 29.8 Å². The molecule has 23 heavy (non-hydrogen) atoms. The number of nitrogens with zero attached hydrogens (tertiary/aromatic N) is 4. The Morgan fingerprint density at radius 3 is 2.87 bits per heavy atom. The fourth-order valence-electron chi connectivity index (χ4n) is 2.95. The van der Waals surface area contributed by atoms with Gasteiger partial charge in [-0.3, -0.25) is 4.57 Å². The number of aliphatic hydroxyl groups excluding tert-OH is 1. The van der Waals surface area contributed by atoms with Gasteiger partial charge in [0.05, 0.1) is 12.9 Å². The quantitative estimate of drug-likeness (QED) is 0.758. The number of nitrogens with two attached hydrogens (primary N) is 1. The van der Waals surface area contributed by atoms with Crippen LogP contribution in [0, 0.1) is 0 Å². The molecular formula is C13H17N5O5. The van der Waals surface area contributed by atoms with Crippen LogP contribution in [0.25, 0.3) is 11.2 Å². The Morgan fingerprint density at radius 1 is 1.26 bits per heavy atom. The van der Waals surface area contributed by atoms with E-state index in [0.717, 1.165) is 0 Å². The molecule has 5 atom stereocenters. The van der Waals surface area contributed by atoms with Crippen molar-refractivity contribution in [3.8, 4) is 0 Å². The minimum Gasteiger partial charge on any atom is -0.394 e. The van der Waals surface area contributed by atoms with Crippen molar-refractivity contribution in [2.75, 3.05) is 18.9 Å². The molecule has 0 saturated carbocycles. The predicted octanol–water partition coefficient (Wildman–Crippen LogP) is -0.598. The second-order valence-corrected chi connectivity index (χ2v) is 5.28. The monoisotopic (exact) mass is 323 g/mol. The van der Waals surface area contributed by atoms with Crippen molar-refractivity contribution in [3.63, 3.8) is 0 Å². The van der Waals surface area contributed by atoms with Gasteiger partial charge in [-0.25, -0.2) is 15.0 Å². The molecule has 2 fully saturated rings. The van der Waals surface area contributed by atoms with Gasteiger partial charge in [-0.2, -0.15) is 0 Å². The lowest BCUT2D eigenvalue weighted by molar-refractivity contribution is -0.265. The lowest BCUT2D eigenvalue weighted by Crippen LogP contribution is -2.31. The molecule has 0 amide bonds. The normalized spacial score (nSPS) is 33.4. The number of imidazole rings is 1. The standard InChI is InChI=1S/C13H17N5O5/c1-2-20-13-22-8-6(3-19)21-12(9(8)23-13)18-5-17-7-10(14)15-4-16-11(7)18/h4-6,8-9,12-13,19H,2-3H2,1H3,(H2,14,15,16)/t6-,8-,9-,12-,13+/m1/s1. The molecule has 124 valence electrons. The van der Waals surface area contributed by atoms with E-state index in [1.807, 2.05) is 6.92 Å². The molecule has 0 radical (unpaired) electrons. The first kappa shape index (κ1) is 14.7. The number of hydrogen-bond donors (Lipinski definition) is 2. The van der Waals surface area contributed by atoms with Gasteiger partial charge in [-0.1, -0.05) is 0 Å². The van der Waals surface area contributed by atoms with Crippen molar-refractivity contribution in [1.29, 1.82) is 0 Å². The smallest absolute Gasteiger partial charge is 0.272 e. The van der Waals surface area contributed by atoms with Crippen molar-refractivity contribution in [2.45, 2.75) is 37.9 Å². The average Bonchev–Trinajstić information content (AvgIpc) is 3.21. The van der Waals surface area contributed by atoms with Gasteiger partial charge in [0.1, 0.15) is 30.2 Å². The summed E-state index contributed by atoms with van der Waals surface area (Å²) < 4.78 is 24.4. The van der Waals surface area contributed by atoms with Crippen molar-refractivity contribution in [1.82, 2.24) is 19.5 Å². The summed E-state index contributed by atoms with van der Waals surface area (Å²) in [5.41, 5.74) is 6.82. The zero-order chi connectivity index (χ0) is 16.0. The maximum atomic E-state index is 9.53. The highest BCUT2D eigenvalue weighted by atomic mass is 16.9. The van der Waals surface area contributed by atoms with Crippen LogP contribution in [0.1, 0.15) is 13.2 Å². The summed E-state index contributed by atoms with van der Waals surface area (Å²) in [5, 5.41) is 9.53. The molecule has 4 rings (SSSR count). The number of aliphatic hydroxyl groups is 1. The Bertz CT molecular complexity index is 709. The molecule has 2 aliphatic heterocycles. The van der Waals surface area contributed by atoms with Crippen molar-refractivity contribution in [3.05, 3.63) is 12.7 Å². The van der Waals surface area contributed by atoms with E-state index in [9.17, 15) is 5.11 Å². The zero-order valence-corrected chi connectivity index (χ0v) is 12.4. The minimum absolute atomic E-state index is 0.191. The molecule has 2 aromatic heterocycles. The molecule has 0 aliphatic carbocycles. The zero-order valence-electron chi connectivity index (χ0n) is 12.4. The van der Waals surface area contributed by atoms with Crippen molar-refractivity contribution >= 4 is 17.0 Å². The maximum absolute atomic E-state index is 9.53. The molecular weight excluding hydrogens is 306 g/mol. The van der Waals surface area contributed by atoms with Crippen LogP contribution in [0.15, 0.2) is 12.7 Å². The number of nitrogen functional groups attached to an aromatic ring is 1. The number of hydrogen-bond acceptors (Lipinski definition) is 9. The van der Waals surface area contributed by atoms with Gasteiger partial charge in [0.25, 0.3) is 6.48 Å². The molecule has 4 heterocycles. The molecule has 2 aromatic rings. The summed E-state index contributed by atoms with van der Waals surface area (Å²) in [7, 11) is 0. The third kappa shape index (κ3) is 2.26. The van der Waals surface area contributed by atoms with Crippen LogP contribution in [-0.4, -0.2) is 62.6 Å². The van der Waals surface area contributed by atoms with Crippen LogP contribution in [0.2, 0.25) is 0 Å². The molecule has 3 N–H and O–H groups in total. The molecule has 2 aliphatic rings. The van der Waals surface area contributed by atoms with E-state index in [1.165, 1.54) is 6.33 Å². The van der Waals surface area contributed by atoms with Gasteiger partial charge in [0, 0.05) is 6.61 Å². The third-order valence-corrected chi connectivity index (χ3v) is 3.97. The summed E-state index contributed by atoms with van der Waals surface area (Å²) in [5.74, 6) is 0.290. The highest BCUT2D eigenvalue weighted by Gasteiger charge is 2.54. The molecule has 0 bridgehead atoms. The molecule has 10 heteroatoms. The number of anilines is 1. The van der Waals surface area contributed by atoms with Gasteiger partial charge in [0.15, 0.2) is 17.7 Å². The van der Waals surface area contributed by atoms with Gasteiger partial charge in [0.2, 0.25) is 0 Å². The average molecular weight is 323 g/mol. The van der Waals surface area contributed by atoms with E-state index in [0.29, 0.717) is 17.8 Å². The van der Waals surface area contributed by atoms with Crippen LogP contribution in [0.5, 0.6) is 0 Å². The van der Waals surface area contributed by atoms with Gasteiger partial charge in [-0.05, 0) is 6.92 Å². The lowest BCUT2D eigenvalue weighted by Gasteiger charge is -2.20. The number of ether oxygens (including phenoxy) is 4. The lowest BCUT2D eigenvalue weighted by atomic mass is 10.1. The number of fused-ring (bicyclic) bond motifs is 2. The Hall–Kier alpha value is -1.85. The molecule has 0 aromatic carbocycles.